The standard InChI is InChI=1S/C18H16FN3O/c1-13-2-4-15(5-3-13)11-22-18(17(12-23)20-21-22)10-14-6-8-16(19)9-7-14/h2-9,12H,10-11H2,1H3. The maximum atomic E-state index is 13.0. The van der Waals surface area contributed by atoms with Crippen LogP contribution in [0.2, 0.25) is 0 Å². The number of benzene rings is 2. The van der Waals surface area contributed by atoms with Crippen molar-refractivity contribution in [2.75, 3.05) is 0 Å². The molecule has 0 N–H and O–H groups in total. The van der Waals surface area contributed by atoms with Gasteiger partial charge in [-0.05, 0) is 30.2 Å². The molecule has 2 aromatic carbocycles. The van der Waals surface area contributed by atoms with E-state index >= 15 is 0 Å². The van der Waals surface area contributed by atoms with E-state index in [0.717, 1.165) is 16.8 Å². The van der Waals surface area contributed by atoms with Crippen molar-refractivity contribution in [1.82, 2.24) is 15.0 Å². The Labute approximate surface area is 133 Å². The topological polar surface area (TPSA) is 47.8 Å². The molecule has 0 atom stereocenters. The molecule has 23 heavy (non-hydrogen) atoms. The fraction of sp³-hybridized carbons (Fsp3) is 0.167. The van der Waals surface area contributed by atoms with Crippen molar-refractivity contribution in [3.05, 3.63) is 82.4 Å². The van der Waals surface area contributed by atoms with E-state index in [-0.39, 0.29) is 5.82 Å². The van der Waals surface area contributed by atoms with Crippen LogP contribution in [-0.4, -0.2) is 21.3 Å². The number of carbonyl (C=O) groups is 1. The predicted octanol–water partition coefficient (Wildman–Crippen LogP) is 3.18. The summed E-state index contributed by atoms with van der Waals surface area (Å²) in [7, 11) is 0. The van der Waals surface area contributed by atoms with E-state index in [1.165, 1.54) is 17.7 Å². The van der Waals surface area contributed by atoms with E-state index in [1.807, 2.05) is 31.2 Å². The highest BCUT2D eigenvalue weighted by Crippen LogP contribution is 2.14. The largest absolute Gasteiger partial charge is 0.296 e. The van der Waals surface area contributed by atoms with Gasteiger partial charge in [-0.15, -0.1) is 5.10 Å². The molecule has 0 aliphatic heterocycles. The molecule has 3 rings (SSSR count). The minimum Gasteiger partial charge on any atom is -0.296 e. The Hall–Kier alpha value is -2.82. The second-order valence-electron chi connectivity index (χ2n) is 5.49. The normalized spacial score (nSPS) is 10.7. The molecule has 0 saturated heterocycles. The summed E-state index contributed by atoms with van der Waals surface area (Å²) in [5.74, 6) is -0.282. The van der Waals surface area contributed by atoms with Gasteiger partial charge in [-0.1, -0.05) is 47.2 Å². The molecule has 116 valence electrons. The summed E-state index contributed by atoms with van der Waals surface area (Å²) < 4.78 is 14.7. The number of rotatable bonds is 5. The van der Waals surface area contributed by atoms with Crippen molar-refractivity contribution in [2.45, 2.75) is 19.9 Å². The van der Waals surface area contributed by atoms with Gasteiger partial charge in [-0.3, -0.25) is 4.79 Å². The fourth-order valence-corrected chi connectivity index (χ4v) is 2.41. The lowest BCUT2D eigenvalue weighted by Crippen LogP contribution is -2.08. The summed E-state index contributed by atoms with van der Waals surface area (Å²) in [6, 6.07) is 14.3. The van der Waals surface area contributed by atoms with Gasteiger partial charge in [0, 0.05) is 6.42 Å². The first-order chi connectivity index (χ1) is 11.2. The quantitative estimate of drug-likeness (QED) is 0.680. The molecule has 0 aliphatic carbocycles. The van der Waals surface area contributed by atoms with Crippen LogP contribution in [0.1, 0.15) is 32.9 Å². The highest BCUT2D eigenvalue weighted by Gasteiger charge is 2.13. The van der Waals surface area contributed by atoms with Crippen LogP contribution in [0, 0.1) is 12.7 Å². The Morgan fingerprint density at radius 1 is 1.04 bits per heavy atom. The van der Waals surface area contributed by atoms with E-state index in [0.29, 0.717) is 24.9 Å². The van der Waals surface area contributed by atoms with Gasteiger partial charge in [0.05, 0.1) is 12.2 Å². The van der Waals surface area contributed by atoms with Gasteiger partial charge >= 0.3 is 0 Å². The summed E-state index contributed by atoms with van der Waals surface area (Å²) in [4.78, 5) is 11.2. The zero-order valence-corrected chi connectivity index (χ0v) is 12.7. The van der Waals surface area contributed by atoms with Crippen molar-refractivity contribution in [3.8, 4) is 0 Å². The molecular weight excluding hydrogens is 293 g/mol. The Kier molecular flexibility index (Phi) is 4.28. The van der Waals surface area contributed by atoms with E-state index in [4.69, 9.17) is 0 Å². The number of hydrogen-bond acceptors (Lipinski definition) is 3. The Balaban J connectivity index is 1.89. The summed E-state index contributed by atoms with van der Waals surface area (Å²) in [5.41, 5.74) is 4.22. The van der Waals surface area contributed by atoms with Crippen molar-refractivity contribution in [3.63, 3.8) is 0 Å². The fourth-order valence-electron chi connectivity index (χ4n) is 2.41. The average Bonchev–Trinajstić information content (AvgIpc) is 2.93. The molecule has 1 aromatic heterocycles. The van der Waals surface area contributed by atoms with Crippen LogP contribution in [0.25, 0.3) is 0 Å². The van der Waals surface area contributed by atoms with E-state index in [2.05, 4.69) is 10.3 Å². The minimum atomic E-state index is -0.282. The van der Waals surface area contributed by atoms with E-state index < -0.39 is 0 Å². The number of carbonyl (C=O) groups excluding carboxylic acids is 1. The minimum absolute atomic E-state index is 0.282. The predicted molar refractivity (Wildman–Crippen MR) is 84.9 cm³/mol. The lowest BCUT2D eigenvalue weighted by Gasteiger charge is -2.08. The van der Waals surface area contributed by atoms with Crippen molar-refractivity contribution >= 4 is 6.29 Å². The van der Waals surface area contributed by atoms with Crippen molar-refractivity contribution in [1.29, 1.82) is 0 Å². The maximum Gasteiger partial charge on any atom is 0.172 e. The molecule has 0 spiro atoms. The van der Waals surface area contributed by atoms with Crippen LogP contribution in [0.4, 0.5) is 4.39 Å². The van der Waals surface area contributed by atoms with Crippen LogP contribution >= 0.6 is 0 Å². The first-order valence-electron chi connectivity index (χ1n) is 7.33. The number of halogens is 1. The third-order valence-electron chi connectivity index (χ3n) is 3.72. The molecule has 0 bridgehead atoms. The number of aldehydes is 1. The van der Waals surface area contributed by atoms with Gasteiger partial charge in [0.1, 0.15) is 11.5 Å². The van der Waals surface area contributed by atoms with Gasteiger partial charge in [0.2, 0.25) is 0 Å². The highest BCUT2D eigenvalue weighted by molar-refractivity contribution is 5.73. The Bertz CT molecular complexity index is 807. The number of hydrogen-bond donors (Lipinski definition) is 0. The third-order valence-corrected chi connectivity index (χ3v) is 3.72. The van der Waals surface area contributed by atoms with Crippen LogP contribution in [0.3, 0.4) is 0 Å². The molecular formula is C18H16FN3O. The van der Waals surface area contributed by atoms with Crippen LogP contribution in [0.5, 0.6) is 0 Å². The molecule has 1 heterocycles. The highest BCUT2D eigenvalue weighted by atomic mass is 19.1. The number of aryl methyl sites for hydroxylation is 1. The lowest BCUT2D eigenvalue weighted by molar-refractivity contribution is 0.111. The summed E-state index contributed by atoms with van der Waals surface area (Å²) in [6.07, 6.45) is 1.19. The maximum absolute atomic E-state index is 13.0. The van der Waals surface area contributed by atoms with Gasteiger partial charge in [0.15, 0.2) is 6.29 Å². The summed E-state index contributed by atoms with van der Waals surface area (Å²) in [6.45, 7) is 2.57. The van der Waals surface area contributed by atoms with Crippen LogP contribution in [-0.2, 0) is 13.0 Å². The molecule has 0 unspecified atom stereocenters. The molecule has 0 amide bonds. The Morgan fingerprint density at radius 3 is 2.35 bits per heavy atom. The second-order valence-corrected chi connectivity index (χ2v) is 5.49. The molecule has 0 fully saturated rings. The van der Waals surface area contributed by atoms with E-state index in [9.17, 15) is 9.18 Å². The molecule has 5 heteroatoms. The monoisotopic (exact) mass is 309 g/mol. The van der Waals surface area contributed by atoms with Gasteiger partial charge in [0.25, 0.3) is 0 Å². The second kappa shape index (κ2) is 6.52. The number of aromatic nitrogens is 3. The first-order valence-corrected chi connectivity index (χ1v) is 7.33. The first kappa shape index (κ1) is 15.1. The Morgan fingerprint density at radius 2 is 1.70 bits per heavy atom. The molecule has 0 radical (unpaired) electrons. The van der Waals surface area contributed by atoms with Gasteiger partial charge in [-0.2, -0.15) is 0 Å². The molecule has 0 saturated carbocycles. The smallest absolute Gasteiger partial charge is 0.172 e. The molecule has 3 aromatic rings. The van der Waals surface area contributed by atoms with Crippen LogP contribution < -0.4 is 0 Å². The summed E-state index contributed by atoms with van der Waals surface area (Å²) in [5, 5.41) is 8.01. The summed E-state index contributed by atoms with van der Waals surface area (Å²) >= 11 is 0. The third kappa shape index (κ3) is 3.51. The van der Waals surface area contributed by atoms with Gasteiger partial charge < -0.3 is 0 Å². The molecule has 4 nitrogen and oxygen atoms in total. The SMILES string of the molecule is Cc1ccc(Cn2nnc(C=O)c2Cc2ccc(F)cc2)cc1. The lowest BCUT2D eigenvalue weighted by atomic mass is 10.1. The van der Waals surface area contributed by atoms with Crippen molar-refractivity contribution < 1.29 is 9.18 Å². The molecule has 0 aliphatic rings. The zero-order valence-electron chi connectivity index (χ0n) is 12.7. The zero-order chi connectivity index (χ0) is 16.2. The van der Waals surface area contributed by atoms with Gasteiger partial charge in [-0.25, -0.2) is 9.07 Å². The average molecular weight is 309 g/mol. The van der Waals surface area contributed by atoms with E-state index in [1.54, 1.807) is 16.8 Å². The van der Waals surface area contributed by atoms with Crippen LogP contribution in [0.15, 0.2) is 48.5 Å². The number of nitrogens with zero attached hydrogens (tertiary/aromatic N) is 3. The van der Waals surface area contributed by atoms with Crippen molar-refractivity contribution in [2.24, 2.45) is 0 Å².